The van der Waals surface area contributed by atoms with Gasteiger partial charge in [-0.2, -0.15) is 0 Å². The Bertz CT molecular complexity index is 132. The predicted octanol–water partition coefficient (Wildman–Crippen LogP) is 2.58. The smallest absolute Gasteiger partial charge is 0.115 e. The lowest BCUT2D eigenvalue weighted by molar-refractivity contribution is 0.432. The van der Waals surface area contributed by atoms with E-state index in [4.69, 9.17) is 5.11 Å². The quantitative estimate of drug-likeness (QED) is 0.453. The second-order valence-electron chi connectivity index (χ2n) is 1.64. The van der Waals surface area contributed by atoms with Gasteiger partial charge in [-0.05, 0) is 18.6 Å². The first-order chi connectivity index (χ1) is 4.31. The van der Waals surface area contributed by atoms with Crippen LogP contribution in [-0.4, -0.2) is 5.11 Å². The van der Waals surface area contributed by atoms with Crippen molar-refractivity contribution in [3.63, 3.8) is 0 Å². The van der Waals surface area contributed by atoms with Crippen LogP contribution in [0.5, 0.6) is 0 Å². The normalized spacial score (nSPS) is 12.3. The van der Waals surface area contributed by atoms with Crippen LogP contribution < -0.4 is 0 Å². The minimum atomic E-state index is 0.256. The highest BCUT2D eigenvalue weighted by Gasteiger charge is 1.76. The summed E-state index contributed by atoms with van der Waals surface area (Å²) < 4.78 is 0. The third-order valence-electron chi connectivity index (χ3n) is 0.813. The summed E-state index contributed by atoms with van der Waals surface area (Å²) >= 11 is 0. The first kappa shape index (κ1) is 8.02. The van der Waals surface area contributed by atoms with E-state index in [0.717, 1.165) is 6.42 Å². The van der Waals surface area contributed by atoms with Gasteiger partial charge >= 0.3 is 0 Å². The molecule has 0 bridgehead atoms. The van der Waals surface area contributed by atoms with Gasteiger partial charge in [-0.3, -0.25) is 0 Å². The van der Waals surface area contributed by atoms with Gasteiger partial charge in [-0.25, -0.2) is 0 Å². The van der Waals surface area contributed by atoms with Crippen LogP contribution in [0.4, 0.5) is 0 Å². The Balaban J connectivity index is 3.74. The van der Waals surface area contributed by atoms with Crippen molar-refractivity contribution in [1.82, 2.24) is 0 Å². The van der Waals surface area contributed by atoms with E-state index in [-0.39, 0.29) is 5.76 Å². The summed E-state index contributed by atoms with van der Waals surface area (Å²) in [4.78, 5) is 0. The van der Waals surface area contributed by atoms with Crippen molar-refractivity contribution in [2.75, 3.05) is 0 Å². The maximum absolute atomic E-state index is 8.88. The summed E-state index contributed by atoms with van der Waals surface area (Å²) in [5, 5.41) is 8.88. The van der Waals surface area contributed by atoms with Crippen LogP contribution in [0.25, 0.3) is 0 Å². The van der Waals surface area contributed by atoms with E-state index >= 15 is 0 Å². The topological polar surface area (TPSA) is 20.2 Å². The Morgan fingerprint density at radius 2 is 2.33 bits per heavy atom. The summed E-state index contributed by atoms with van der Waals surface area (Å²) in [6.07, 6.45) is 7.58. The molecule has 0 aromatic rings. The molecule has 0 aromatic heterocycles. The molecule has 0 aliphatic carbocycles. The zero-order chi connectivity index (χ0) is 7.11. The summed E-state index contributed by atoms with van der Waals surface area (Å²) in [5.74, 6) is 0.256. The Hall–Kier alpha value is -0.980. The fraction of sp³-hybridized carbons (Fsp3) is 0.250. The lowest BCUT2D eigenvalue weighted by atomic mass is 10.3. The van der Waals surface area contributed by atoms with Gasteiger partial charge in [-0.15, -0.1) is 0 Å². The zero-order valence-corrected chi connectivity index (χ0v) is 5.67. The van der Waals surface area contributed by atoms with Gasteiger partial charge in [0.05, 0.1) is 0 Å². The largest absolute Gasteiger partial charge is 0.508 e. The van der Waals surface area contributed by atoms with Gasteiger partial charge in [0.2, 0.25) is 0 Å². The molecule has 0 rings (SSSR count). The van der Waals surface area contributed by atoms with E-state index in [1.165, 1.54) is 0 Å². The van der Waals surface area contributed by atoms with Crippen molar-refractivity contribution in [2.24, 2.45) is 0 Å². The molecule has 1 N–H and O–H groups in total. The van der Waals surface area contributed by atoms with Crippen molar-refractivity contribution >= 4 is 0 Å². The monoisotopic (exact) mass is 124 g/mol. The maximum Gasteiger partial charge on any atom is 0.115 e. The number of aliphatic hydroxyl groups is 1. The van der Waals surface area contributed by atoms with Crippen LogP contribution in [0.15, 0.2) is 36.6 Å². The summed E-state index contributed by atoms with van der Waals surface area (Å²) in [5.41, 5.74) is 0. The molecule has 50 valence electrons. The van der Waals surface area contributed by atoms with Gasteiger partial charge in [0, 0.05) is 0 Å². The van der Waals surface area contributed by atoms with E-state index in [1.807, 2.05) is 13.0 Å². The van der Waals surface area contributed by atoms with E-state index < -0.39 is 0 Å². The maximum atomic E-state index is 8.88. The number of aliphatic hydroxyl groups excluding tert-OH is 1. The fourth-order valence-electron chi connectivity index (χ4n) is 0.415. The van der Waals surface area contributed by atoms with Crippen LogP contribution >= 0.6 is 0 Å². The highest BCUT2D eigenvalue weighted by Crippen LogP contribution is 1.91. The first-order valence-corrected chi connectivity index (χ1v) is 2.99. The van der Waals surface area contributed by atoms with Crippen molar-refractivity contribution in [1.29, 1.82) is 0 Å². The van der Waals surface area contributed by atoms with Crippen molar-refractivity contribution in [3.8, 4) is 0 Å². The van der Waals surface area contributed by atoms with E-state index in [1.54, 1.807) is 18.2 Å². The van der Waals surface area contributed by atoms with Gasteiger partial charge in [-0.1, -0.05) is 25.7 Å². The Labute approximate surface area is 56.0 Å². The highest BCUT2D eigenvalue weighted by atomic mass is 16.3. The lowest BCUT2D eigenvalue weighted by Gasteiger charge is -1.84. The third kappa shape index (κ3) is 4.88. The second kappa shape index (κ2) is 5.16. The molecule has 0 atom stereocenters. The number of hydrogen-bond acceptors (Lipinski definition) is 1. The van der Waals surface area contributed by atoms with Crippen LogP contribution in [0.2, 0.25) is 0 Å². The summed E-state index contributed by atoms with van der Waals surface area (Å²) in [7, 11) is 0. The van der Waals surface area contributed by atoms with E-state index in [2.05, 4.69) is 6.58 Å². The van der Waals surface area contributed by atoms with Gasteiger partial charge in [0.1, 0.15) is 5.76 Å². The Morgan fingerprint density at radius 1 is 1.67 bits per heavy atom. The second-order valence-corrected chi connectivity index (χ2v) is 1.64. The van der Waals surface area contributed by atoms with Crippen LogP contribution in [-0.2, 0) is 0 Å². The molecule has 1 nitrogen and oxygen atoms in total. The van der Waals surface area contributed by atoms with E-state index in [0.29, 0.717) is 0 Å². The molecule has 0 fully saturated rings. The molecular formula is C8H12O. The molecule has 0 radical (unpaired) electrons. The average Bonchev–Trinajstić information content (AvgIpc) is 1.85. The number of hydrogen-bond donors (Lipinski definition) is 1. The molecule has 0 aromatic carbocycles. The Morgan fingerprint density at radius 3 is 2.78 bits per heavy atom. The molecule has 0 amide bonds. The van der Waals surface area contributed by atoms with Crippen molar-refractivity contribution in [2.45, 2.75) is 13.3 Å². The minimum absolute atomic E-state index is 0.256. The SMILES string of the molecule is C=C/C=C(O)\C=C/CC. The number of allylic oxidation sites excluding steroid dienone is 4. The predicted molar refractivity (Wildman–Crippen MR) is 40.3 cm³/mol. The van der Waals surface area contributed by atoms with Crippen LogP contribution in [0.3, 0.4) is 0 Å². The fourth-order valence-corrected chi connectivity index (χ4v) is 0.415. The third-order valence-corrected chi connectivity index (χ3v) is 0.813. The molecule has 0 saturated carbocycles. The zero-order valence-electron chi connectivity index (χ0n) is 5.67. The van der Waals surface area contributed by atoms with Gasteiger partial charge in [0.15, 0.2) is 0 Å². The first-order valence-electron chi connectivity index (χ1n) is 2.99. The lowest BCUT2D eigenvalue weighted by Crippen LogP contribution is -1.69. The summed E-state index contributed by atoms with van der Waals surface area (Å²) in [6.45, 7) is 5.45. The molecule has 0 aliphatic heterocycles. The molecule has 0 heterocycles. The van der Waals surface area contributed by atoms with Crippen LogP contribution in [0.1, 0.15) is 13.3 Å². The molecule has 0 spiro atoms. The van der Waals surface area contributed by atoms with Gasteiger partial charge < -0.3 is 5.11 Å². The minimum Gasteiger partial charge on any atom is -0.508 e. The van der Waals surface area contributed by atoms with Crippen molar-refractivity contribution in [3.05, 3.63) is 36.6 Å². The molecular weight excluding hydrogens is 112 g/mol. The molecule has 9 heavy (non-hydrogen) atoms. The van der Waals surface area contributed by atoms with Crippen molar-refractivity contribution < 1.29 is 5.11 Å². The summed E-state index contributed by atoms with van der Waals surface area (Å²) in [6, 6.07) is 0. The number of rotatable bonds is 3. The standard InChI is InChI=1S/C8H12O/c1-3-5-7-8(9)6-4-2/h4-7,9H,2-3H2,1H3/b7-5-,8-6+. The molecule has 0 unspecified atom stereocenters. The highest BCUT2D eigenvalue weighted by molar-refractivity contribution is 5.15. The molecule has 1 heteroatoms. The van der Waals surface area contributed by atoms with Crippen LogP contribution in [0, 0.1) is 0 Å². The Kier molecular flexibility index (Phi) is 4.60. The van der Waals surface area contributed by atoms with Gasteiger partial charge in [0.25, 0.3) is 0 Å². The molecule has 0 aliphatic rings. The van der Waals surface area contributed by atoms with E-state index in [9.17, 15) is 0 Å². The average molecular weight is 124 g/mol. The molecule has 0 saturated heterocycles.